The van der Waals surface area contributed by atoms with E-state index in [4.69, 9.17) is 0 Å². The van der Waals surface area contributed by atoms with Crippen LogP contribution in [-0.2, 0) is 26.2 Å². The Morgan fingerprint density at radius 3 is 2.35 bits per heavy atom. The lowest BCUT2D eigenvalue weighted by molar-refractivity contribution is -0.140. The number of sulfonamides is 1. The SMILES string of the molecule is CCCNC(=O)[C@@H](CC)N(Cc1cccc(C)c1)C(=O)CN(c1ccc(Br)c(C)c1)S(C)(=O)=O. The van der Waals surface area contributed by atoms with E-state index in [1.807, 2.05) is 52.0 Å². The Kier molecular flexibility index (Phi) is 10.1. The van der Waals surface area contributed by atoms with Gasteiger partial charge >= 0.3 is 0 Å². The Hall–Kier alpha value is -2.39. The van der Waals surface area contributed by atoms with E-state index in [1.54, 1.807) is 18.2 Å². The molecule has 0 aliphatic rings. The predicted octanol–water partition coefficient (Wildman–Crippen LogP) is 4.17. The third-order valence-corrected chi connectivity index (χ3v) is 7.51. The van der Waals surface area contributed by atoms with Gasteiger partial charge < -0.3 is 10.2 Å². The molecule has 0 aromatic heterocycles. The number of hydrogen-bond donors (Lipinski definition) is 1. The predicted molar refractivity (Wildman–Crippen MR) is 140 cm³/mol. The first-order valence-corrected chi connectivity index (χ1v) is 14.0. The normalized spacial score (nSPS) is 12.2. The molecule has 0 fully saturated rings. The number of carbonyl (C=O) groups excluding carboxylic acids is 2. The van der Waals surface area contributed by atoms with Crippen molar-refractivity contribution in [2.24, 2.45) is 0 Å². The minimum absolute atomic E-state index is 0.204. The van der Waals surface area contributed by atoms with Crippen molar-refractivity contribution in [3.8, 4) is 0 Å². The maximum Gasteiger partial charge on any atom is 0.244 e. The summed E-state index contributed by atoms with van der Waals surface area (Å²) in [6.45, 7) is 7.93. The summed E-state index contributed by atoms with van der Waals surface area (Å²) < 4.78 is 27.3. The number of nitrogens with zero attached hydrogens (tertiary/aromatic N) is 2. The fourth-order valence-corrected chi connectivity index (χ4v) is 4.78. The number of rotatable bonds is 11. The highest BCUT2D eigenvalue weighted by Gasteiger charge is 2.31. The fourth-order valence-electron chi connectivity index (χ4n) is 3.69. The number of nitrogens with one attached hydrogen (secondary N) is 1. The van der Waals surface area contributed by atoms with Gasteiger partial charge in [0.05, 0.1) is 11.9 Å². The van der Waals surface area contributed by atoms with Gasteiger partial charge in [-0.25, -0.2) is 8.42 Å². The van der Waals surface area contributed by atoms with Gasteiger partial charge in [0.15, 0.2) is 0 Å². The van der Waals surface area contributed by atoms with Gasteiger partial charge in [0.1, 0.15) is 12.6 Å². The fraction of sp³-hybridized carbons (Fsp3) is 0.440. The van der Waals surface area contributed by atoms with Crippen LogP contribution in [0.3, 0.4) is 0 Å². The topological polar surface area (TPSA) is 86.8 Å². The molecule has 2 rings (SSSR count). The summed E-state index contributed by atoms with van der Waals surface area (Å²) in [5, 5.41) is 2.87. The molecule has 0 aliphatic heterocycles. The number of anilines is 1. The molecule has 0 spiro atoms. The summed E-state index contributed by atoms with van der Waals surface area (Å²) in [7, 11) is -3.75. The van der Waals surface area contributed by atoms with Crippen LogP contribution in [0.1, 0.15) is 43.4 Å². The van der Waals surface area contributed by atoms with Crippen LogP contribution in [-0.4, -0.2) is 50.5 Å². The molecule has 0 saturated heterocycles. The van der Waals surface area contributed by atoms with Crippen molar-refractivity contribution < 1.29 is 18.0 Å². The van der Waals surface area contributed by atoms with Crippen molar-refractivity contribution in [2.45, 2.75) is 53.1 Å². The minimum Gasteiger partial charge on any atom is -0.354 e. The molecule has 0 heterocycles. The minimum atomic E-state index is -3.75. The third kappa shape index (κ3) is 7.56. The Labute approximate surface area is 211 Å². The van der Waals surface area contributed by atoms with Crippen molar-refractivity contribution >= 4 is 43.5 Å². The molecular formula is C25H34BrN3O4S. The van der Waals surface area contributed by atoms with Gasteiger partial charge in [-0.2, -0.15) is 0 Å². The number of halogens is 1. The highest BCUT2D eigenvalue weighted by atomic mass is 79.9. The molecule has 0 unspecified atom stereocenters. The van der Waals surface area contributed by atoms with Crippen molar-refractivity contribution in [3.63, 3.8) is 0 Å². The van der Waals surface area contributed by atoms with Crippen LogP contribution in [0.2, 0.25) is 0 Å². The summed E-state index contributed by atoms with van der Waals surface area (Å²) in [5.74, 6) is -0.679. The molecule has 7 nitrogen and oxygen atoms in total. The Balaban J connectivity index is 2.44. The first kappa shape index (κ1) is 27.9. The van der Waals surface area contributed by atoms with E-state index >= 15 is 0 Å². The van der Waals surface area contributed by atoms with Gasteiger partial charge in [0.25, 0.3) is 0 Å². The van der Waals surface area contributed by atoms with E-state index in [9.17, 15) is 18.0 Å². The molecule has 0 aliphatic carbocycles. The van der Waals surface area contributed by atoms with Crippen LogP contribution in [0.15, 0.2) is 46.9 Å². The van der Waals surface area contributed by atoms with E-state index in [-0.39, 0.29) is 12.5 Å². The molecule has 0 bridgehead atoms. The van der Waals surface area contributed by atoms with Crippen molar-refractivity contribution in [1.29, 1.82) is 0 Å². The van der Waals surface area contributed by atoms with E-state index in [0.717, 1.165) is 38.1 Å². The Morgan fingerprint density at radius 2 is 1.79 bits per heavy atom. The van der Waals surface area contributed by atoms with Gasteiger partial charge in [-0.15, -0.1) is 0 Å². The molecule has 0 radical (unpaired) electrons. The second-order valence-electron chi connectivity index (χ2n) is 8.43. The maximum atomic E-state index is 13.6. The van der Waals surface area contributed by atoms with Crippen molar-refractivity contribution in [1.82, 2.24) is 10.2 Å². The largest absolute Gasteiger partial charge is 0.354 e. The van der Waals surface area contributed by atoms with Gasteiger partial charge in [-0.1, -0.05) is 59.6 Å². The third-order valence-electron chi connectivity index (χ3n) is 5.48. The Morgan fingerprint density at radius 1 is 1.09 bits per heavy atom. The van der Waals surface area contributed by atoms with Gasteiger partial charge in [0, 0.05) is 17.6 Å². The summed E-state index contributed by atoms with van der Waals surface area (Å²) in [6.07, 6.45) is 2.26. The van der Waals surface area contributed by atoms with E-state index in [2.05, 4.69) is 21.2 Å². The number of amides is 2. The molecular weight excluding hydrogens is 518 g/mol. The Bertz CT molecular complexity index is 1120. The molecule has 34 heavy (non-hydrogen) atoms. The second-order valence-corrected chi connectivity index (χ2v) is 11.2. The van der Waals surface area contributed by atoms with Crippen LogP contribution < -0.4 is 9.62 Å². The zero-order valence-corrected chi connectivity index (χ0v) is 22.9. The zero-order chi connectivity index (χ0) is 25.5. The lowest BCUT2D eigenvalue weighted by atomic mass is 10.1. The molecule has 9 heteroatoms. The lowest BCUT2D eigenvalue weighted by Gasteiger charge is -2.33. The van der Waals surface area contributed by atoms with Crippen LogP contribution in [0.5, 0.6) is 0 Å². The van der Waals surface area contributed by atoms with Crippen LogP contribution in [0.4, 0.5) is 5.69 Å². The summed E-state index contributed by atoms with van der Waals surface area (Å²) in [5.41, 5.74) is 3.16. The number of carbonyl (C=O) groups is 2. The summed E-state index contributed by atoms with van der Waals surface area (Å²) >= 11 is 3.42. The van der Waals surface area contributed by atoms with Crippen LogP contribution >= 0.6 is 15.9 Å². The smallest absolute Gasteiger partial charge is 0.244 e. The quantitative estimate of drug-likeness (QED) is 0.454. The standard InChI is InChI=1S/C25H34BrN3O4S/c1-6-13-27-25(31)23(7-2)28(16-20-10-8-9-18(3)14-20)24(30)17-29(34(5,32)33)21-11-12-22(26)19(4)15-21/h8-12,14-15,23H,6-7,13,16-17H2,1-5H3,(H,27,31)/t23-/m1/s1. The summed E-state index contributed by atoms with van der Waals surface area (Å²) in [4.78, 5) is 28.0. The first-order chi connectivity index (χ1) is 16.0. The monoisotopic (exact) mass is 551 g/mol. The molecule has 1 N–H and O–H groups in total. The van der Waals surface area contributed by atoms with Crippen LogP contribution in [0, 0.1) is 13.8 Å². The van der Waals surface area contributed by atoms with Crippen LogP contribution in [0.25, 0.3) is 0 Å². The van der Waals surface area contributed by atoms with Gasteiger partial charge in [0.2, 0.25) is 21.8 Å². The van der Waals surface area contributed by atoms with E-state index in [0.29, 0.717) is 18.7 Å². The average molecular weight is 553 g/mol. The van der Waals surface area contributed by atoms with Crippen molar-refractivity contribution in [2.75, 3.05) is 23.7 Å². The average Bonchev–Trinajstić information content (AvgIpc) is 2.77. The highest BCUT2D eigenvalue weighted by Crippen LogP contribution is 2.25. The molecule has 186 valence electrons. The molecule has 2 amide bonds. The number of benzene rings is 2. The zero-order valence-electron chi connectivity index (χ0n) is 20.5. The number of aryl methyl sites for hydroxylation is 2. The second kappa shape index (κ2) is 12.4. The number of hydrogen-bond acceptors (Lipinski definition) is 4. The molecule has 2 aromatic rings. The first-order valence-electron chi connectivity index (χ1n) is 11.3. The molecule has 1 atom stereocenters. The van der Waals surface area contributed by atoms with Crippen molar-refractivity contribution in [3.05, 3.63) is 63.6 Å². The summed E-state index contributed by atoms with van der Waals surface area (Å²) in [6, 6.07) is 12.1. The molecule has 0 saturated carbocycles. The lowest BCUT2D eigenvalue weighted by Crippen LogP contribution is -2.52. The van der Waals surface area contributed by atoms with E-state index in [1.165, 1.54) is 4.90 Å². The van der Waals surface area contributed by atoms with E-state index < -0.39 is 28.5 Å². The molecule has 2 aromatic carbocycles. The van der Waals surface area contributed by atoms with Gasteiger partial charge in [-0.3, -0.25) is 13.9 Å². The maximum absolute atomic E-state index is 13.6. The highest BCUT2D eigenvalue weighted by molar-refractivity contribution is 9.10. The van der Waals surface area contributed by atoms with Gasteiger partial charge in [-0.05, 0) is 56.0 Å².